The molecular weight excluding hydrogens is 130 g/mol. The van der Waals surface area contributed by atoms with E-state index in [9.17, 15) is 5.11 Å². The van der Waals surface area contributed by atoms with Crippen molar-refractivity contribution in [3.63, 3.8) is 0 Å². The van der Waals surface area contributed by atoms with Gasteiger partial charge in [-0.1, -0.05) is 0 Å². The van der Waals surface area contributed by atoms with E-state index < -0.39 is 0 Å². The van der Waals surface area contributed by atoms with E-state index in [1.165, 1.54) is 0 Å². The molecule has 0 amide bonds. The van der Waals surface area contributed by atoms with Crippen LogP contribution >= 0.6 is 0 Å². The van der Waals surface area contributed by atoms with Crippen LogP contribution in [0.1, 0.15) is 12.8 Å². The maximum Gasteiger partial charge on any atom is 0.0602 e. The minimum absolute atomic E-state index is 0.0926. The fraction of sp³-hybridized carbons (Fsp3) is 1.00. The van der Waals surface area contributed by atoms with E-state index in [2.05, 4.69) is 5.32 Å². The largest absolute Gasteiger partial charge is 0.396 e. The number of aliphatic hydroxyl groups is 2. The molecule has 1 aliphatic rings. The van der Waals surface area contributed by atoms with Crippen LogP contribution in [0.25, 0.3) is 0 Å². The quantitative estimate of drug-likeness (QED) is 0.459. The van der Waals surface area contributed by atoms with Gasteiger partial charge < -0.3 is 15.5 Å². The number of rotatable bonds is 1. The minimum atomic E-state index is -0.306. The Morgan fingerprint density at radius 3 is 2.70 bits per heavy atom. The Labute approximate surface area is 61.1 Å². The van der Waals surface area contributed by atoms with Crippen molar-refractivity contribution in [2.24, 2.45) is 5.92 Å². The molecule has 0 bridgehead atoms. The highest BCUT2D eigenvalue weighted by Crippen LogP contribution is 2.12. The van der Waals surface area contributed by atoms with Crippen molar-refractivity contribution in [1.82, 2.24) is 5.32 Å². The topological polar surface area (TPSA) is 52.5 Å². The van der Waals surface area contributed by atoms with E-state index in [1.54, 1.807) is 0 Å². The Kier molecular flexibility index (Phi) is 3.12. The Hall–Kier alpha value is -0.120. The molecule has 0 spiro atoms. The van der Waals surface area contributed by atoms with Crippen LogP contribution in [0.3, 0.4) is 0 Å². The summed E-state index contributed by atoms with van der Waals surface area (Å²) in [5, 5.41) is 21.3. The lowest BCUT2D eigenvalue weighted by Crippen LogP contribution is -2.23. The maximum absolute atomic E-state index is 9.35. The number of hydrogen-bond donors (Lipinski definition) is 3. The second kappa shape index (κ2) is 3.91. The van der Waals surface area contributed by atoms with E-state index in [1.807, 2.05) is 0 Å². The Balaban J connectivity index is 2.35. The third-order valence-electron chi connectivity index (χ3n) is 2.09. The standard InChI is InChI=1S/C7H15NO2/c9-5-6-1-3-8-4-2-7(6)10/h6-10H,1-5H2/t6-,7+/m1/s1. The van der Waals surface area contributed by atoms with E-state index in [0.717, 1.165) is 25.9 Å². The molecule has 0 aromatic heterocycles. The summed E-state index contributed by atoms with van der Waals surface area (Å²) in [4.78, 5) is 0. The minimum Gasteiger partial charge on any atom is -0.396 e. The van der Waals surface area contributed by atoms with Crippen LogP contribution in [0.4, 0.5) is 0 Å². The molecule has 0 aliphatic carbocycles. The van der Waals surface area contributed by atoms with Gasteiger partial charge in [-0.05, 0) is 25.9 Å². The van der Waals surface area contributed by atoms with E-state index in [-0.39, 0.29) is 18.6 Å². The van der Waals surface area contributed by atoms with Gasteiger partial charge in [0.1, 0.15) is 0 Å². The SMILES string of the molecule is OC[C@H]1CCNCC[C@@H]1O. The first-order valence-corrected chi connectivity index (χ1v) is 3.84. The van der Waals surface area contributed by atoms with Crippen molar-refractivity contribution in [3.8, 4) is 0 Å². The number of aliphatic hydroxyl groups excluding tert-OH is 2. The first-order valence-electron chi connectivity index (χ1n) is 3.84. The molecule has 1 saturated heterocycles. The second-order valence-corrected chi connectivity index (χ2v) is 2.84. The van der Waals surface area contributed by atoms with Crippen molar-refractivity contribution >= 4 is 0 Å². The zero-order valence-corrected chi connectivity index (χ0v) is 6.08. The summed E-state index contributed by atoms with van der Waals surface area (Å²) in [5.41, 5.74) is 0. The smallest absolute Gasteiger partial charge is 0.0602 e. The number of nitrogens with one attached hydrogen (secondary N) is 1. The predicted octanol–water partition coefficient (Wildman–Crippen LogP) is -0.661. The molecule has 1 rings (SSSR count). The highest BCUT2D eigenvalue weighted by molar-refractivity contribution is 4.73. The first-order chi connectivity index (χ1) is 4.84. The van der Waals surface area contributed by atoms with Gasteiger partial charge in [0, 0.05) is 12.5 Å². The summed E-state index contributed by atoms with van der Waals surface area (Å²) in [7, 11) is 0. The van der Waals surface area contributed by atoms with Gasteiger partial charge in [-0.2, -0.15) is 0 Å². The normalized spacial score (nSPS) is 35.4. The summed E-state index contributed by atoms with van der Waals surface area (Å²) in [5.74, 6) is 0.0926. The van der Waals surface area contributed by atoms with E-state index in [0.29, 0.717) is 0 Å². The Morgan fingerprint density at radius 1 is 1.30 bits per heavy atom. The molecule has 0 aromatic rings. The molecule has 0 saturated carbocycles. The van der Waals surface area contributed by atoms with Gasteiger partial charge in [-0.25, -0.2) is 0 Å². The van der Waals surface area contributed by atoms with Crippen LogP contribution in [0.2, 0.25) is 0 Å². The van der Waals surface area contributed by atoms with Gasteiger partial charge in [0.2, 0.25) is 0 Å². The van der Waals surface area contributed by atoms with Gasteiger partial charge in [0.15, 0.2) is 0 Å². The molecule has 3 nitrogen and oxygen atoms in total. The maximum atomic E-state index is 9.35. The lowest BCUT2D eigenvalue weighted by Gasteiger charge is -2.15. The van der Waals surface area contributed by atoms with Gasteiger partial charge >= 0.3 is 0 Å². The summed E-state index contributed by atoms with van der Waals surface area (Å²) in [6.45, 7) is 1.91. The third-order valence-corrected chi connectivity index (χ3v) is 2.09. The molecule has 0 unspecified atom stereocenters. The van der Waals surface area contributed by atoms with E-state index >= 15 is 0 Å². The van der Waals surface area contributed by atoms with Crippen LogP contribution in [0.15, 0.2) is 0 Å². The average molecular weight is 145 g/mol. The van der Waals surface area contributed by atoms with Gasteiger partial charge in [-0.15, -0.1) is 0 Å². The molecule has 10 heavy (non-hydrogen) atoms. The molecule has 1 heterocycles. The fourth-order valence-electron chi connectivity index (χ4n) is 1.30. The zero-order valence-electron chi connectivity index (χ0n) is 6.08. The van der Waals surface area contributed by atoms with Crippen molar-refractivity contribution in [2.45, 2.75) is 18.9 Å². The van der Waals surface area contributed by atoms with Crippen LogP contribution in [-0.2, 0) is 0 Å². The Morgan fingerprint density at radius 2 is 2.00 bits per heavy atom. The number of hydrogen-bond acceptors (Lipinski definition) is 3. The monoisotopic (exact) mass is 145 g/mol. The Bertz CT molecular complexity index is 97.6. The zero-order chi connectivity index (χ0) is 7.40. The van der Waals surface area contributed by atoms with Gasteiger partial charge in [-0.3, -0.25) is 0 Å². The van der Waals surface area contributed by atoms with Crippen molar-refractivity contribution in [3.05, 3.63) is 0 Å². The molecule has 2 atom stereocenters. The molecule has 60 valence electrons. The van der Waals surface area contributed by atoms with Crippen LogP contribution in [0, 0.1) is 5.92 Å². The molecule has 0 radical (unpaired) electrons. The molecular formula is C7H15NO2. The highest BCUT2D eigenvalue weighted by Gasteiger charge is 2.19. The second-order valence-electron chi connectivity index (χ2n) is 2.84. The molecule has 0 aromatic carbocycles. The van der Waals surface area contributed by atoms with Crippen LogP contribution in [0.5, 0.6) is 0 Å². The summed E-state index contributed by atoms with van der Waals surface area (Å²) < 4.78 is 0. The lowest BCUT2D eigenvalue weighted by atomic mass is 9.99. The molecule has 1 fully saturated rings. The fourth-order valence-corrected chi connectivity index (χ4v) is 1.30. The van der Waals surface area contributed by atoms with Crippen molar-refractivity contribution < 1.29 is 10.2 Å². The highest BCUT2D eigenvalue weighted by atomic mass is 16.3. The van der Waals surface area contributed by atoms with Gasteiger partial charge in [0.05, 0.1) is 6.10 Å². The summed E-state index contributed by atoms with van der Waals surface area (Å²) in [6, 6.07) is 0. The van der Waals surface area contributed by atoms with Crippen LogP contribution in [-0.4, -0.2) is 36.0 Å². The van der Waals surface area contributed by atoms with Gasteiger partial charge in [0.25, 0.3) is 0 Å². The van der Waals surface area contributed by atoms with Crippen molar-refractivity contribution in [1.29, 1.82) is 0 Å². The first kappa shape index (κ1) is 7.98. The summed E-state index contributed by atoms with van der Waals surface area (Å²) >= 11 is 0. The lowest BCUT2D eigenvalue weighted by molar-refractivity contribution is 0.0655. The summed E-state index contributed by atoms with van der Waals surface area (Å²) in [6.07, 6.45) is 1.35. The van der Waals surface area contributed by atoms with Crippen LogP contribution < -0.4 is 5.32 Å². The third kappa shape index (κ3) is 1.94. The predicted molar refractivity (Wildman–Crippen MR) is 38.7 cm³/mol. The molecule has 1 aliphatic heterocycles. The molecule has 3 heteroatoms. The van der Waals surface area contributed by atoms with E-state index in [4.69, 9.17) is 5.11 Å². The molecule has 3 N–H and O–H groups in total. The average Bonchev–Trinajstić information content (AvgIpc) is 2.13. The van der Waals surface area contributed by atoms with Crippen molar-refractivity contribution in [2.75, 3.05) is 19.7 Å².